The van der Waals surface area contributed by atoms with Crippen molar-refractivity contribution in [1.29, 1.82) is 0 Å². The SMILES string of the molecule is COc1ccc(S(=O)(=O)Nc2ccccc2C(=O)N2CCCCCC2)cc1N1CCCC1=O. The Kier molecular flexibility index (Phi) is 6.88. The summed E-state index contributed by atoms with van der Waals surface area (Å²) in [5.74, 6) is 0.193. The molecule has 2 aromatic carbocycles. The molecule has 4 rings (SSSR count). The maximum Gasteiger partial charge on any atom is 0.261 e. The zero-order valence-electron chi connectivity index (χ0n) is 18.7. The number of para-hydroxylation sites is 1. The molecule has 0 unspecified atom stereocenters. The molecule has 0 bridgehead atoms. The van der Waals surface area contributed by atoms with Crippen molar-refractivity contribution in [1.82, 2.24) is 4.90 Å². The Balaban J connectivity index is 1.63. The van der Waals surface area contributed by atoms with Gasteiger partial charge < -0.3 is 14.5 Å². The summed E-state index contributed by atoms with van der Waals surface area (Å²) in [6, 6.07) is 11.1. The second-order valence-electron chi connectivity index (χ2n) is 8.34. The molecule has 33 heavy (non-hydrogen) atoms. The first-order valence-electron chi connectivity index (χ1n) is 11.3. The minimum Gasteiger partial charge on any atom is -0.495 e. The summed E-state index contributed by atoms with van der Waals surface area (Å²) in [5, 5.41) is 0. The zero-order valence-corrected chi connectivity index (χ0v) is 19.6. The first-order valence-corrected chi connectivity index (χ1v) is 12.8. The monoisotopic (exact) mass is 471 g/mol. The molecule has 2 aliphatic rings. The summed E-state index contributed by atoms with van der Waals surface area (Å²) in [7, 11) is -2.53. The highest BCUT2D eigenvalue weighted by Crippen LogP contribution is 2.34. The summed E-state index contributed by atoms with van der Waals surface area (Å²) in [4.78, 5) is 28.8. The number of methoxy groups -OCH3 is 1. The van der Waals surface area contributed by atoms with E-state index in [0.29, 0.717) is 49.5 Å². The van der Waals surface area contributed by atoms with Gasteiger partial charge in [0.15, 0.2) is 0 Å². The van der Waals surface area contributed by atoms with Gasteiger partial charge in [-0.2, -0.15) is 0 Å². The zero-order chi connectivity index (χ0) is 23.4. The van der Waals surface area contributed by atoms with E-state index >= 15 is 0 Å². The van der Waals surface area contributed by atoms with Gasteiger partial charge in [-0.05, 0) is 49.6 Å². The number of ether oxygens (including phenoxy) is 1. The van der Waals surface area contributed by atoms with E-state index in [1.807, 2.05) is 0 Å². The molecule has 1 N–H and O–H groups in total. The summed E-state index contributed by atoms with van der Waals surface area (Å²) < 4.78 is 34.5. The summed E-state index contributed by atoms with van der Waals surface area (Å²) in [6.45, 7) is 1.86. The van der Waals surface area contributed by atoms with Crippen LogP contribution < -0.4 is 14.4 Å². The molecule has 176 valence electrons. The third-order valence-electron chi connectivity index (χ3n) is 6.12. The normalized spacial score (nSPS) is 17.1. The van der Waals surface area contributed by atoms with Gasteiger partial charge in [0.25, 0.3) is 15.9 Å². The van der Waals surface area contributed by atoms with E-state index < -0.39 is 10.0 Å². The molecular formula is C24H29N3O5S. The molecule has 0 aliphatic carbocycles. The van der Waals surface area contributed by atoms with Crippen LogP contribution in [0.5, 0.6) is 5.75 Å². The van der Waals surface area contributed by atoms with Crippen molar-refractivity contribution in [3.8, 4) is 5.75 Å². The van der Waals surface area contributed by atoms with Crippen LogP contribution in [0.1, 0.15) is 48.9 Å². The van der Waals surface area contributed by atoms with Crippen LogP contribution in [0, 0.1) is 0 Å². The fraction of sp³-hybridized carbons (Fsp3) is 0.417. The van der Waals surface area contributed by atoms with Crippen molar-refractivity contribution >= 4 is 33.2 Å². The first kappa shape index (κ1) is 23.1. The molecule has 2 fully saturated rings. The van der Waals surface area contributed by atoms with Crippen LogP contribution >= 0.6 is 0 Å². The Labute approximate surface area is 194 Å². The number of hydrogen-bond acceptors (Lipinski definition) is 5. The number of anilines is 2. The molecule has 2 saturated heterocycles. The average molecular weight is 472 g/mol. The predicted octanol–water partition coefficient (Wildman–Crippen LogP) is 3.64. The second-order valence-corrected chi connectivity index (χ2v) is 10.0. The first-order chi connectivity index (χ1) is 15.9. The minimum absolute atomic E-state index is 0.00461. The smallest absolute Gasteiger partial charge is 0.261 e. The van der Waals surface area contributed by atoms with Gasteiger partial charge in [0, 0.05) is 26.1 Å². The van der Waals surface area contributed by atoms with Crippen molar-refractivity contribution in [3.05, 3.63) is 48.0 Å². The number of sulfonamides is 1. The van der Waals surface area contributed by atoms with Crippen LogP contribution in [0.25, 0.3) is 0 Å². The molecule has 2 heterocycles. The van der Waals surface area contributed by atoms with Crippen molar-refractivity contribution in [2.24, 2.45) is 0 Å². The van der Waals surface area contributed by atoms with Gasteiger partial charge >= 0.3 is 0 Å². The number of carbonyl (C=O) groups excluding carboxylic acids is 2. The van der Waals surface area contributed by atoms with Crippen molar-refractivity contribution in [2.45, 2.75) is 43.4 Å². The lowest BCUT2D eigenvalue weighted by molar-refractivity contribution is -0.117. The van der Waals surface area contributed by atoms with Gasteiger partial charge in [0.05, 0.1) is 28.9 Å². The summed E-state index contributed by atoms with van der Waals surface area (Å²) in [6.07, 6.45) is 5.22. The second kappa shape index (κ2) is 9.82. The van der Waals surface area contributed by atoms with E-state index in [4.69, 9.17) is 4.74 Å². The van der Waals surface area contributed by atoms with E-state index in [0.717, 1.165) is 25.7 Å². The van der Waals surface area contributed by atoms with Gasteiger partial charge in [-0.1, -0.05) is 25.0 Å². The van der Waals surface area contributed by atoms with E-state index in [9.17, 15) is 18.0 Å². The third kappa shape index (κ3) is 4.98. The fourth-order valence-corrected chi connectivity index (χ4v) is 5.46. The summed E-state index contributed by atoms with van der Waals surface area (Å²) >= 11 is 0. The molecule has 2 aromatic rings. The van der Waals surface area contributed by atoms with Crippen LogP contribution in [-0.4, -0.2) is 51.9 Å². The number of hydrogen-bond donors (Lipinski definition) is 1. The van der Waals surface area contributed by atoms with E-state index in [2.05, 4.69) is 4.72 Å². The highest BCUT2D eigenvalue weighted by atomic mass is 32.2. The van der Waals surface area contributed by atoms with Gasteiger partial charge in [-0.15, -0.1) is 0 Å². The van der Waals surface area contributed by atoms with Crippen LogP contribution in [0.2, 0.25) is 0 Å². The maximum absolute atomic E-state index is 13.3. The molecular weight excluding hydrogens is 442 g/mol. The molecule has 0 saturated carbocycles. The minimum atomic E-state index is -4.02. The maximum atomic E-state index is 13.3. The predicted molar refractivity (Wildman–Crippen MR) is 126 cm³/mol. The number of amides is 2. The molecule has 2 aliphatic heterocycles. The van der Waals surface area contributed by atoms with Gasteiger partial charge in [-0.25, -0.2) is 8.42 Å². The lowest BCUT2D eigenvalue weighted by Gasteiger charge is -2.22. The lowest BCUT2D eigenvalue weighted by atomic mass is 10.1. The molecule has 2 amide bonds. The average Bonchev–Trinajstić information content (AvgIpc) is 3.06. The Hall–Kier alpha value is -3.07. The quantitative estimate of drug-likeness (QED) is 0.694. The lowest BCUT2D eigenvalue weighted by Crippen LogP contribution is -2.32. The van der Waals surface area contributed by atoms with Crippen molar-refractivity contribution < 1.29 is 22.7 Å². The van der Waals surface area contributed by atoms with Crippen LogP contribution in [0.15, 0.2) is 47.4 Å². The largest absolute Gasteiger partial charge is 0.495 e. The highest BCUT2D eigenvalue weighted by Gasteiger charge is 2.28. The van der Waals surface area contributed by atoms with Crippen molar-refractivity contribution in [2.75, 3.05) is 36.4 Å². The van der Waals surface area contributed by atoms with Gasteiger partial charge in [0.2, 0.25) is 5.91 Å². The van der Waals surface area contributed by atoms with Crippen LogP contribution in [-0.2, 0) is 14.8 Å². The third-order valence-corrected chi connectivity index (χ3v) is 7.48. The molecule has 0 spiro atoms. The van der Waals surface area contributed by atoms with Gasteiger partial charge in [-0.3, -0.25) is 14.3 Å². The van der Waals surface area contributed by atoms with Crippen LogP contribution in [0.3, 0.4) is 0 Å². The molecule has 8 nitrogen and oxygen atoms in total. The van der Waals surface area contributed by atoms with Crippen LogP contribution in [0.4, 0.5) is 11.4 Å². The standard InChI is InChI=1S/C24H29N3O5S/c1-32-22-13-12-18(17-21(22)27-16-8-11-23(27)28)33(30,31)25-20-10-5-4-9-19(20)24(29)26-14-6-2-3-7-15-26/h4-5,9-10,12-13,17,25H,2-3,6-8,11,14-16H2,1H3. The Morgan fingerprint density at radius 2 is 1.70 bits per heavy atom. The molecule has 9 heteroatoms. The number of nitrogens with zero attached hydrogens (tertiary/aromatic N) is 2. The van der Waals surface area contributed by atoms with Gasteiger partial charge in [0.1, 0.15) is 5.75 Å². The number of carbonyl (C=O) groups is 2. The fourth-order valence-electron chi connectivity index (χ4n) is 4.36. The Morgan fingerprint density at radius 1 is 0.970 bits per heavy atom. The highest BCUT2D eigenvalue weighted by molar-refractivity contribution is 7.92. The number of rotatable bonds is 6. The molecule has 0 atom stereocenters. The summed E-state index contributed by atoms with van der Waals surface area (Å²) in [5.41, 5.74) is 0.990. The van der Waals surface area contributed by atoms with E-state index in [-0.39, 0.29) is 22.4 Å². The number of likely N-dealkylation sites (tertiary alicyclic amines) is 1. The van der Waals surface area contributed by atoms with Crippen molar-refractivity contribution in [3.63, 3.8) is 0 Å². The van der Waals surface area contributed by atoms with E-state index in [1.165, 1.54) is 19.2 Å². The number of nitrogens with one attached hydrogen (secondary N) is 1. The number of benzene rings is 2. The van der Waals surface area contributed by atoms with E-state index in [1.54, 1.807) is 40.1 Å². The molecule has 0 aromatic heterocycles. The Morgan fingerprint density at radius 3 is 2.36 bits per heavy atom. The topological polar surface area (TPSA) is 96.0 Å². The Bertz CT molecular complexity index is 1140. The molecule has 0 radical (unpaired) electrons.